The van der Waals surface area contributed by atoms with Crippen molar-refractivity contribution in [2.45, 2.75) is 0 Å². The second kappa shape index (κ2) is 10.1. The molecule has 0 fully saturated rings. The highest BCUT2D eigenvalue weighted by Crippen LogP contribution is 2.44. The molecule has 0 bridgehead atoms. The average Bonchev–Trinajstić information content (AvgIpc) is 3.92. The molecule has 4 aromatic heterocycles. The van der Waals surface area contributed by atoms with E-state index in [-0.39, 0.29) is 0 Å². The first kappa shape index (κ1) is 26.7. The summed E-state index contributed by atoms with van der Waals surface area (Å²) >= 11 is 1.82. The number of anilines is 3. The number of thiophene rings is 1. The Morgan fingerprint density at radius 2 is 1.10 bits per heavy atom. The summed E-state index contributed by atoms with van der Waals surface area (Å²) in [4.78, 5) is 7.13. The molecule has 0 saturated carbocycles. The molecule has 0 spiro atoms. The Morgan fingerprint density at radius 3 is 2.02 bits per heavy atom. The fraction of sp³-hybridized carbons (Fsp3) is 0. The van der Waals surface area contributed by atoms with Crippen LogP contribution in [0.1, 0.15) is 0 Å². The van der Waals surface area contributed by atoms with Crippen LogP contribution in [0.3, 0.4) is 0 Å². The third kappa shape index (κ3) is 4.01. The van der Waals surface area contributed by atoms with Gasteiger partial charge in [0.15, 0.2) is 5.58 Å². The predicted octanol–water partition coefficient (Wildman–Crippen LogP) is 13.1. The molecule has 0 N–H and O–H groups in total. The number of benzene rings is 7. The third-order valence-corrected chi connectivity index (χ3v) is 10.6. The van der Waals surface area contributed by atoms with Crippen LogP contribution in [0.5, 0.6) is 0 Å². The fourth-order valence-electron chi connectivity index (χ4n) is 7.23. The lowest BCUT2D eigenvalue weighted by Crippen LogP contribution is -2.09. The van der Waals surface area contributed by atoms with Crippen LogP contribution in [0.15, 0.2) is 159 Å². The first-order valence-electron chi connectivity index (χ1n) is 16.2. The van der Waals surface area contributed by atoms with Gasteiger partial charge < -0.3 is 18.2 Å². The number of oxazole rings is 1. The number of hydrogen-bond acceptors (Lipinski definition) is 6. The van der Waals surface area contributed by atoms with Crippen molar-refractivity contribution in [2.75, 3.05) is 4.90 Å². The van der Waals surface area contributed by atoms with Gasteiger partial charge in [-0.3, -0.25) is 0 Å². The zero-order valence-corrected chi connectivity index (χ0v) is 26.7. The number of fused-ring (bicyclic) bond motifs is 11. The van der Waals surface area contributed by atoms with Gasteiger partial charge in [-0.05, 0) is 78.9 Å². The van der Waals surface area contributed by atoms with Crippen LogP contribution >= 0.6 is 11.3 Å². The lowest BCUT2D eigenvalue weighted by atomic mass is 10.1. The fourth-order valence-corrected chi connectivity index (χ4v) is 8.37. The van der Waals surface area contributed by atoms with E-state index in [0.29, 0.717) is 11.5 Å². The molecule has 0 saturated heterocycles. The Balaban J connectivity index is 1.15. The summed E-state index contributed by atoms with van der Waals surface area (Å²) in [5, 5.41) is 6.62. The number of nitrogens with zero attached hydrogens (tertiary/aromatic N) is 2. The number of rotatable bonds is 4. The van der Waals surface area contributed by atoms with Crippen molar-refractivity contribution >= 4 is 104 Å². The molecule has 7 aromatic carbocycles. The molecule has 49 heavy (non-hydrogen) atoms. The molecule has 0 radical (unpaired) electrons. The summed E-state index contributed by atoms with van der Waals surface area (Å²) in [5.41, 5.74) is 8.76. The van der Waals surface area contributed by atoms with Gasteiger partial charge in [0.25, 0.3) is 0 Å². The van der Waals surface area contributed by atoms with E-state index in [2.05, 4.69) is 95.9 Å². The molecular weight excluding hydrogens is 625 g/mol. The van der Waals surface area contributed by atoms with Gasteiger partial charge in [-0.1, -0.05) is 60.7 Å². The lowest BCUT2D eigenvalue weighted by Gasteiger charge is -2.25. The minimum Gasteiger partial charge on any atom is -0.456 e. The number of furan rings is 2. The quantitative estimate of drug-likeness (QED) is 0.190. The van der Waals surface area contributed by atoms with Gasteiger partial charge in [-0.15, -0.1) is 11.3 Å². The second-order valence-corrected chi connectivity index (χ2v) is 13.4. The predicted molar refractivity (Wildman–Crippen MR) is 202 cm³/mol. The Bertz CT molecular complexity index is 2960. The van der Waals surface area contributed by atoms with Crippen molar-refractivity contribution < 1.29 is 13.3 Å². The topological polar surface area (TPSA) is 55.6 Å². The van der Waals surface area contributed by atoms with E-state index in [9.17, 15) is 0 Å². The average molecular weight is 649 g/mol. The minimum atomic E-state index is 0.589. The highest BCUT2D eigenvalue weighted by molar-refractivity contribution is 7.25. The molecule has 0 unspecified atom stereocenters. The summed E-state index contributed by atoms with van der Waals surface area (Å²) in [7, 11) is 0. The summed E-state index contributed by atoms with van der Waals surface area (Å²) in [6, 6.07) is 50.3. The van der Waals surface area contributed by atoms with Gasteiger partial charge in [0, 0.05) is 65.0 Å². The second-order valence-electron chi connectivity index (χ2n) is 12.3. The van der Waals surface area contributed by atoms with Crippen molar-refractivity contribution in [3.05, 3.63) is 146 Å². The van der Waals surface area contributed by atoms with Crippen molar-refractivity contribution in [1.29, 1.82) is 0 Å². The van der Waals surface area contributed by atoms with E-state index in [1.807, 2.05) is 65.9 Å². The first-order chi connectivity index (χ1) is 24.2. The zero-order valence-electron chi connectivity index (χ0n) is 25.9. The van der Waals surface area contributed by atoms with Crippen LogP contribution in [0.2, 0.25) is 0 Å². The molecule has 0 aliphatic heterocycles. The van der Waals surface area contributed by atoms with Crippen LogP contribution in [-0.4, -0.2) is 4.98 Å². The van der Waals surface area contributed by atoms with Gasteiger partial charge in [0.05, 0.1) is 5.39 Å². The standard InChI is InChI=1S/C43H24N2O3S/c1-2-8-25(9-3-1)43-44-34-19-21-37-41(42(34)48-43)33-22-26(16-20-36(33)46-37)45(27-14-17-30-29-10-4-6-12-35(29)47-38(30)23-27)28-15-18-32-31-11-5-7-13-39(31)49-40(32)24-28/h1-24H. The number of para-hydroxylation sites is 1. The van der Waals surface area contributed by atoms with Gasteiger partial charge >= 0.3 is 0 Å². The molecule has 11 rings (SSSR count). The molecule has 5 nitrogen and oxygen atoms in total. The normalized spacial score (nSPS) is 12.1. The summed E-state index contributed by atoms with van der Waals surface area (Å²) < 4.78 is 21.7. The van der Waals surface area contributed by atoms with Crippen molar-refractivity contribution in [1.82, 2.24) is 4.98 Å². The van der Waals surface area contributed by atoms with Crippen LogP contribution in [-0.2, 0) is 0 Å². The van der Waals surface area contributed by atoms with Gasteiger partial charge in [0.1, 0.15) is 27.8 Å². The van der Waals surface area contributed by atoms with E-state index < -0.39 is 0 Å². The van der Waals surface area contributed by atoms with E-state index in [1.165, 1.54) is 20.2 Å². The maximum absolute atomic E-state index is 6.46. The number of aromatic nitrogens is 1. The Hall–Kier alpha value is -6.37. The molecule has 0 aliphatic rings. The van der Waals surface area contributed by atoms with Crippen LogP contribution < -0.4 is 4.90 Å². The van der Waals surface area contributed by atoms with Gasteiger partial charge in [-0.2, -0.15) is 0 Å². The van der Waals surface area contributed by atoms with Crippen LogP contribution in [0.25, 0.3) is 86.6 Å². The van der Waals surface area contributed by atoms with Gasteiger partial charge in [-0.25, -0.2) is 4.98 Å². The monoisotopic (exact) mass is 648 g/mol. The summed E-state index contributed by atoms with van der Waals surface area (Å²) in [5.74, 6) is 0.589. The smallest absolute Gasteiger partial charge is 0.227 e. The van der Waals surface area contributed by atoms with Crippen LogP contribution in [0, 0.1) is 0 Å². The highest BCUT2D eigenvalue weighted by Gasteiger charge is 2.21. The summed E-state index contributed by atoms with van der Waals surface area (Å²) in [6.07, 6.45) is 0. The maximum atomic E-state index is 6.46. The largest absolute Gasteiger partial charge is 0.456 e. The van der Waals surface area contributed by atoms with E-state index in [0.717, 1.165) is 72.0 Å². The van der Waals surface area contributed by atoms with Crippen LogP contribution in [0.4, 0.5) is 17.1 Å². The number of hydrogen-bond donors (Lipinski definition) is 0. The third-order valence-electron chi connectivity index (χ3n) is 9.49. The molecule has 0 aliphatic carbocycles. The van der Waals surface area contributed by atoms with Crippen molar-refractivity contribution in [3.63, 3.8) is 0 Å². The van der Waals surface area contributed by atoms with E-state index >= 15 is 0 Å². The molecule has 0 atom stereocenters. The molecule has 4 heterocycles. The Kier molecular flexibility index (Phi) is 5.48. The summed E-state index contributed by atoms with van der Waals surface area (Å²) in [6.45, 7) is 0. The maximum Gasteiger partial charge on any atom is 0.227 e. The van der Waals surface area contributed by atoms with Crippen molar-refractivity contribution in [3.8, 4) is 11.5 Å². The van der Waals surface area contributed by atoms with E-state index in [1.54, 1.807) is 0 Å². The SMILES string of the molecule is c1ccc(-c2nc3ccc4oc5ccc(N(c6ccc7c(c6)oc6ccccc67)c6ccc7c(c6)sc6ccccc67)cc5c4c3o2)cc1. The molecule has 230 valence electrons. The molecule has 0 amide bonds. The lowest BCUT2D eigenvalue weighted by molar-refractivity contribution is 0.622. The highest BCUT2D eigenvalue weighted by atomic mass is 32.1. The Morgan fingerprint density at radius 1 is 0.449 bits per heavy atom. The minimum absolute atomic E-state index is 0.589. The molecular formula is C43H24N2O3S. The first-order valence-corrected chi connectivity index (χ1v) is 17.0. The van der Waals surface area contributed by atoms with E-state index in [4.69, 9.17) is 18.2 Å². The van der Waals surface area contributed by atoms with Gasteiger partial charge in [0.2, 0.25) is 5.89 Å². The molecule has 11 aromatic rings. The zero-order chi connectivity index (χ0) is 32.1. The Labute approximate surface area is 282 Å². The molecule has 6 heteroatoms. The van der Waals surface area contributed by atoms with Crippen molar-refractivity contribution in [2.24, 2.45) is 0 Å².